The summed E-state index contributed by atoms with van der Waals surface area (Å²) in [5.41, 5.74) is 3.80. The highest BCUT2D eigenvalue weighted by atomic mass is 35.5. The summed E-state index contributed by atoms with van der Waals surface area (Å²) in [6.07, 6.45) is 0. The Labute approximate surface area is 135 Å². The molecule has 0 heterocycles. The van der Waals surface area contributed by atoms with Gasteiger partial charge in [-0.3, -0.25) is 4.79 Å². The van der Waals surface area contributed by atoms with Gasteiger partial charge in [0, 0.05) is 0 Å². The van der Waals surface area contributed by atoms with Crippen LogP contribution in [0.3, 0.4) is 0 Å². The van der Waals surface area contributed by atoms with Crippen LogP contribution in [-0.4, -0.2) is 5.91 Å². The molecular weight excluding hydrogens is 305 g/mol. The summed E-state index contributed by atoms with van der Waals surface area (Å²) >= 11 is 12.0. The lowest BCUT2D eigenvalue weighted by atomic mass is 10.00. The number of halogens is 2. The first-order chi connectivity index (χ1) is 9.90. The molecule has 2 aromatic carbocycles. The molecule has 1 unspecified atom stereocenters. The van der Waals surface area contributed by atoms with Crippen LogP contribution in [0, 0.1) is 13.8 Å². The first kappa shape index (κ1) is 15.9. The third kappa shape index (κ3) is 3.58. The fourth-order valence-corrected chi connectivity index (χ4v) is 2.64. The van der Waals surface area contributed by atoms with Crippen molar-refractivity contribution >= 4 is 29.1 Å². The second kappa shape index (κ2) is 6.50. The maximum absolute atomic E-state index is 12.3. The number of nitrogens with one attached hydrogen (secondary N) is 1. The van der Waals surface area contributed by atoms with Gasteiger partial charge in [-0.05, 0) is 44.0 Å². The maximum Gasteiger partial charge on any atom is 0.253 e. The van der Waals surface area contributed by atoms with Crippen molar-refractivity contribution in [1.82, 2.24) is 5.32 Å². The molecule has 1 atom stereocenters. The Morgan fingerprint density at radius 2 is 1.86 bits per heavy atom. The van der Waals surface area contributed by atoms with E-state index < -0.39 is 0 Å². The zero-order valence-corrected chi connectivity index (χ0v) is 13.7. The van der Waals surface area contributed by atoms with Crippen LogP contribution in [0.4, 0.5) is 0 Å². The van der Waals surface area contributed by atoms with E-state index in [0.717, 1.165) is 16.7 Å². The number of rotatable bonds is 3. The Morgan fingerprint density at radius 1 is 1.14 bits per heavy atom. The topological polar surface area (TPSA) is 29.1 Å². The van der Waals surface area contributed by atoms with Crippen molar-refractivity contribution < 1.29 is 4.79 Å². The van der Waals surface area contributed by atoms with E-state index in [-0.39, 0.29) is 17.0 Å². The van der Waals surface area contributed by atoms with Crippen LogP contribution >= 0.6 is 23.2 Å². The molecule has 0 fully saturated rings. The van der Waals surface area contributed by atoms with Crippen molar-refractivity contribution in [3.8, 4) is 0 Å². The van der Waals surface area contributed by atoms with Gasteiger partial charge in [0.15, 0.2) is 0 Å². The molecule has 0 saturated heterocycles. The molecule has 1 N–H and O–H groups in total. The molecule has 2 aromatic rings. The van der Waals surface area contributed by atoms with E-state index in [2.05, 4.69) is 23.5 Å². The van der Waals surface area contributed by atoms with E-state index >= 15 is 0 Å². The predicted octanol–water partition coefficient (Wildman–Crippen LogP) is 5.10. The number of carbonyl (C=O) groups is 1. The van der Waals surface area contributed by atoms with Crippen molar-refractivity contribution in [2.45, 2.75) is 26.8 Å². The van der Waals surface area contributed by atoms with Crippen LogP contribution in [0.15, 0.2) is 36.4 Å². The lowest BCUT2D eigenvalue weighted by Crippen LogP contribution is -2.27. The normalized spacial score (nSPS) is 12.0. The van der Waals surface area contributed by atoms with E-state index in [1.165, 1.54) is 0 Å². The van der Waals surface area contributed by atoms with Gasteiger partial charge in [0.05, 0.1) is 21.7 Å². The van der Waals surface area contributed by atoms with Crippen LogP contribution in [0.5, 0.6) is 0 Å². The van der Waals surface area contributed by atoms with Crippen LogP contribution in [0.2, 0.25) is 10.0 Å². The largest absolute Gasteiger partial charge is 0.345 e. The minimum absolute atomic E-state index is 0.104. The standard InChI is InChI=1S/C17H17Cl2NO/c1-10-7-8-11(2)14(9-10)12(3)20-17(21)13-5-4-6-15(18)16(13)19/h4-9,12H,1-3H3,(H,20,21). The molecular formula is C17H17Cl2NO. The highest BCUT2D eigenvalue weighted by molar-refractivity contribution is 6.43. The Bertz CT molecular complexity index is 682. The highest BCUT2D eigenvalue weighted by Gasteiger charge is 2.16. The fourth-order valence-electron chi connectivity index (χ4n) is 2.26. The van der Waals surface area contributed by atoms with Gasteiger partial charge in [-0.15, -0.1) is 0 Å². The van der Waals surface area contributed by atoms with Gasteiger partial charge < -0.3 is 5.32 Å². The van der Waals surface area contributed by atoms with Gasteiger partial charge in [0.25, 0.3) is 5.91 Å². The molecule has 2 nitrogen and oxygen atoms in total. The molecule has 1 amide bonds. The molecule has 0 saturated carbocycles. The average Bonchev–Trinajstić information content (AvgIpc) is 2.44. The van der Waals surface area contributed by atoms with Crippen molar-refractivity contribution in [2.75, 3.05) is 0 Å². The molecule has 0 aliphatic rings. The lowest BCUT2D eigenvalue weighted by Gasteiger charge is -2.18. The van der Waals surface area contributed by atoms with E-state index in [0.29, 0.717) is 10.6 Å². The Hall–Kier alpha value is -1.51. The summed E-state index contributed by atoms with van der Waals surface area (Å²) in [4.78, 5) is 12.3. The van der Waals surface area contributed by atoms with Gasteiger partial charge >= 0.3 is 0 Å². The Morgan fingerprint density at radius 3 is 2.57 bits per heavy atom. The van der Waals surface area contributed by atoms with Crippen LogP contribution in [0.25, 0.3) is 0 Å². The summed E-state index contributed by atoms with van der Waals surface area (Å²) in [5, 5.41) is 3.63. The van der Waals surface area contributed by atoms with Gasteiger partial charge in [-0.2, -0.15) is 0 Å². The van der Waals surface area contributed by atoms with Gasteiger partial charge in [-0.25, -0.2) is 0 Å². The molecule has 0 radical (unpaired) electrons. The van der Waals surface area contributed by atoms with Crippen molar-refractivity contribution in [2.24, 2.45) is 0 Å². The fraction of sp³-hybridized carbons (Fsp3) is 0.235. The summed E-state index contributed by atoms with van der Waals surface area (Å²) in [5.74, 6) is -0.226. The number of hydrogen-bond donors (Lipinski definition) is 1. The Balaban J connectivity index is 2.23. The molecule has 2 rings (SSSR count). The zero-order valence-electron chi connectivity index (χ0n) is 12.2. The van der Waals surface area contributed by atoms with Gasteiger partial charge in [0.2, 0.25) is 0 Å². The second-order valence-electron chi connectivity index (χ2n) is 5.16. The molecule has 0 aliphatic heterocycles. The summed E-state index contributed by atoms with van der Waals surface area (Å²) in [7, 11) is 0. The molecule has 4 heteroatoms. The predicted molar refractivity (Wildman–Crippen MR) is 88.3 cm³/mol. The second-order valence-corrected chi connectivity index (χ2v) is 5.94. The number of aryl methyl sites for hydroxylation is 2. The molecule has 0 aliphatic carbocycles. The van der Waals surface area contributed by atoms with E-state index in [1.54, 1.807) is 18.2 Å². The number of benzene rings is 2. The van der Waals surface area contributed by atoms with Crippen molar-refractivity contribution in [3.63, 3.8) is 0 Å². The third-order valence-corrected chi connectivity index (χ3v) is 4.26. The van der Waals surface area contributed by atoms with Crippen LogP contribution in [-0.2, 0) is 0 Å². The summed E-state index contributed by atoms with van der Waals surface area (Å²) < 4.78 is 0. The SMILES string of the molecule is Cc1ccc(C)c(C(C)NC(=O)c2cccc(Cl)c2Cl)c1. The van der Waals surface area contributed by atoms with E-state index in [1.807, 2.05) is 20.8 Å². The van der Waals surface area contributed by atoms with Crippen LogP contribution in [0.1, 0.15) is 40.0 Å². The maximum atomic E-state index is 12.3. The lowest BCUT2D eigenvalue weighted by molar-refractivity contribution is 0.0940. The zero-order chi connectivity index (χ0) is 15.6. The summed E-state index contributed by atoms with van der Waals surface area (Å²) in [6, 6.07) is 11.1. The van der Waals surface area contributed by atoms with Gasteiger partial charge in [-0.1, -0.05) is 53.0 Å². The Kier molecular flexibility index (Phi) is 4.92. The van der Waals surface area contributed by atoms with Gasteiger partial charge in [0.1, 0.15) is 0 Å². The number of hydrogen-bond acceptors (Lipinski definition) is 1. The molecule has 21 heavy (non-hydrogen) atoms. The average molecular weight is 322 g/mol. The summed E-state index contributed by atoms with van der Waals surface area (Å²) in [6.45, 7) is 6.02. The minimum atomic E-state index is -0.226. The monoisotopic (exact) mass is 321 g/mol. The third-order valence-electron chi connectivity index (χ3n) is 3.45. The quantitative estimate of drug-likeness (QED) is 0.837. The number of amides is 1. The minimum Gasteiger partial charge on any atom is -0.345 e. The van der Waals surface area contributed by atoms with Crippen molar-refractivity contribution in [1.29, 1.82) is 0 Å². The van der Waals surface area contributed by atoms with E-state index in [4.69, 9.17) is 23.2 Å². The first-order valence-corrected chi connectivity index (χ1v) is 7.47. The molecule has 110 valence electrons. The first-order valence-electron chi connectivity index (χ1n) is 6.72. The van der Waals surface area contributed by atoms with E-state index in [9.17, 15) is 4.79 Å². The molecule has 0 spiro atoms. The van der Waals surface area contributed by atoms with Crippen molar-refractivity contribution in [3.05, 3.63) is 68.7 Å². The smallest absolute Gasteiger partial charge is 0.253 e. The molecule has 0 bridgehead atoms. The highest BCUT2D eigenvalue weighted by Crippen LogP contribution is 2.26. The van der Waals surface area contributed by atoms with Crippen LogP contribution < -0.4 is 5.32 Å². The number of carbonyl (C=O) groups excluding carboxylic acids is 1. The molecule has 0 aromatic heterocycles.